The van der Waals surface area contributed by atoms with Crippen LogP contribution in [0.2, 0.25) is 0 Å². The third-order valence-corrected chi connectivity index (χ3v) is 8.66. The summed E-state index contributed by atoms with van der Waals surface area (Å²) in [5.41, 5.74) is 4.20. The Morgan fingerprint density at radius 2 is 1.42 bits per heavy atom. The molecule has 0 bridgehead atoms. The first-order chi connectivity index (χ1) is 18.5. The number of imide groups is 1. The minimum atomic E-state index is -0.748. The first-order valence-electron chi connectivity index (χ1n) is 12.5. The third-order valence-electron chi connectivity index (χ3n) is 8.66. The molecule has 0 N–H and O–H groups in total. The van der Waals surface area contributed by atoms with Crippen LogP contribution in [0.25, 0.3) is 0 Å². The summed E-state index contributed by atoms with van der Waals surface area (Å²) in [5.74, 6) is -2.18. The lowest BCUT2D eigenvalue weighted by Gasteiger charge is -2.59. The van der Waals surface area contributed by atoms with Crippen LogP contribution in [0.5, 0.6) is 5.75 Å². The number of likely N-dealkylation sites (tertiary alicyclic amines) is 1. The van der Waals surface area contributed by atoms with Crippen molar-refractivity contribution in [2.45, 2.75) is 17.3 Å². The van der Waals surface area contributed by atoms with Gasteiger partial charge >= 0.3 is 11.7 Å². The van der Waals surface area contributed by atoms with Crippen LogP contribution in [0.1, 0.15) is 34.1 Å². The summed E-state index contributed by atoms with van der Waals surface area (Å²) >= 11 is 0. The third kappa shape index (κ3) is 2.73. The maximum atomic E-state index is 13.6. The highest BCUT2D eigenvalue weighted by molar-refractivity contribution is 6.08. The standard InChI is InChI=1S/C29H22N2O7/c32-22(15-38-21-12-6-5-11-20(21)31(35)36)37-14-13-30-27(33)23-24(28(30)34)26-17-8-2-4-10-19(17)29(26)18-9-3-1-7-16(18)25(23)29/h1-12,23-26H,13-15H2/t23-,24+,25-,26-,29?/m0/s1. The minimum absolute atomic E-state index is 0.0392. The molecule has 4 aliphatic rings. The van der Waals surface area contributed by atoms with Gasteiger partial charge in [-0.05, 0) is 28.3 Å². The van der Waals surface area contributed by atoms with Crippen LogP contribution in [0.3, 0.4) is 0 Å². The maximum Gasteiger partial charge on any atom is 0.344 e. The number of para-hydroxylation sites is 2. The van der Waals surface area contributed by atoms with Crippen molar-refractivity contribution in [2.24, 2.45) is 11.8 Å². The van der Waals surface area contributed by atoms with Gasteiger partial charge in [-0.15, -0.1) is 0 Å². The van der Waals surface area contributed by atoms with E-state index in [-0.39, 0.29) is 53.7 Å². The molecule has 0 radical (unpaired) electrons. The molecule has 9 heteroatoms. The van der Waals surface area contributed by atoms with E-state index in [1.54, 1.807) is 6.07 Å². The van der Waals surface area contributed by atoms with E-state index in [1.165, 1.54) is 34.2 Å². The minimum Gasteiger partial charge on any atom is -0.475 e. The van der Waals surface area contributed by atoms with Crippen LogP contribution < -0.4 is 4.74 Å². The Bertz CT molecular complexity index is 1470. The number of nitrogens with zero attached hydrogens (tertiary/aromatic N) is 2. The molecule has 9 nitrogen and oxygen atoms in total. The van der Waals surface area contributed by atoms with Crippen molar-refractivity contribution in [2.75, 3.05) is 19.8 Å². The van der Waals surface area contributed by atoms with Gasteiger partial charge in [0.1, 0.15) is 6.61 Å². The smallest absolute Gasteiger partial charge is 0.344 e. The molecule has 1 saturated carbocycles. The van der Waals surface area contributed by atoms with Crippen LogP contribution >= 0.6 is 0 Å². The molecule has 3 aromatic carbocycles. The number of benzene rings is 3. The average Bonchev–Trinajstić information content (AvgIpc) is 3.27. The molecule has 0 aromatic heterocycles. The predicted molar refractivity (Wildman–Crippen MR) is 132 cm³/mol. The average molecular weight is 511 g/mol. The highest BCUT2D eigenvalue weighted by Crippen LogP contribution is 2.80. The van der Waals surface area contributed by atoms with Gasteiger partial charge in [-0.3, -0.25) is 24.6 Å². The number of nitro groups is 1. The topological polar surface area (TPSA) is 116 Å². The van der Waals surface area contributed by atoms with Crippen molar-refractivity contribution in [1.82, 2.24) is 4.90 Å². The number of carbonyl (C=O) groups excluding carboxylic acids is 3. The molecular weight excluding hydrogens is 488 g/mol. The number of nitro benzene ring substituents is 1. The summed E-state index contributed by atoms with van der Waals surface area (Å²) in [4.78, 5) is 51.2. The predicted octanol–water partition coefficient (Wildman–Crippen LogP) is 3.31. The van der Waals surface area contributed by atoms with Gasteiger partial charge in [0.2, 0.25) is 11.8 Å². The molecule has 2 amide bonds. The number of carbonyl (C=O) groups is 3. The second-order valence-corrected chi connectivity index (χ2v) is 10.1. The van der Waals surface area contributed by atoms with Crippen molar-refractivity contribution in [1.29, 1.82) is 0 Å². The van der Waals surface area contributed by atoms with Gasteiger partial charge in [0.25, 0.3) is 0 Å². The molecule has 1 aliphatic heterocycles. The van der Waals surface area contributed by atoms with E-state index in [9.17, 15) is 24.5 Å². The fourth-order valence-corrected chi connectivity index (χ4v) is 7.44. The van der Waals surface area contributed by atoms with E-state index < -0.39 is 29.3 Å². The van der Waals surface area contributed by atoms with Crippen molar-refractivity contribution >= 4 is 23.5 Å². The monoisotopic (exact) mass is 510 g/mol. The molecule has 1 spiro atoms. The second-order valence-electron chi connectivity index (χ2n) is 10.1. The molecule has 2 fully saturated rings. The van der Waals surface area contributed by atoms with E-state index >= 15 is 0 Å². The van der Waals surface area contributed by atoms with Gasteiger partial charge in [-0.25, -0.2) is 4.79 Å². The van der Waals surface area contributed by atoms with Crippen LogP contribution in [0.4, 0.5) is 5.69 Å². The number of hydrogen-bond donors (Lipinski definition) is 0. The quantitative estimate of drug-likeness (QED) is 0.207. The highest BCUT2D eigenvalue weighted by atomic mass is 16.6. The summed E-state index contributed by atoms with van der Waals surface area (Å²) < 4.78 is 10.5. The number of ether oxygens (including phenoxy) is 2. The number of fused-ring (bicyclic) bond motifs is 7. The van der Waals surface area contributed by atoms with E-state index in [0.717, 1.165) is 11.1 Å². The van der Waals surface area contributed by atoms with Crippen LogP contribution in [-0.4, -0.2) is 47.4 Å². The van der Waals surface area contributed by atoms with Crippen molar-refractivity contribution in [3.05, 3.63) is 105 Å². The lowest BCUT2D eigenvalue weighted by atomic mass is 9.43. The van der Waals surface area contributed by atoms with Gasteiger partial charge < -0.3 is 9.47 Å². The Labute approximate surface area is 217 Å². The van der Waals surface area contributed by atoms with Crippen molar-refractivity contribution in [3.8, 4) is 5.75 Å². The van der Waals surface area contributed by atoms with Crippen molar-refractivity contribution in [3.63, 3.8) is 0 Å². The zero-order valence-corrected chi connectivity index (χ0v) is 20.1. The Morgan fingerprint density at radius 1 is 0.868 bits per heavy atom. The lowest BCUT2D eigenvalue weighted by molar-refractivity contribution is -0.385. The molecule has 5 atom stereocenters. The Morgan fingerprint density at radius 3 is 2.03 bits per heavy atom. The molecular formula is C29H22N2O7. The van der Waals surface area contributed by atoms with Crippen molar-refractivity contribution < 1.29 is 28.8 Å². The number of hydrogen-bond acceptors (Lipinski definition) is 7. The molecule has 3 aromatic rings. The largest absolute Gasteiger partial charge is 0.475 e. The normalized spacial score (nSPS) is 27.2. The highest BCUT2D eigenvalue weighted by Gasteiger charge is 2.78. The van der Waals surface area contributed by atoms with Crippen LogP contribution in [0.15, 0.2) is 72.8 Å². The SMILES string of the molecule is O=C(COc1ccccc1[N+](=O)[O-])OCCN1C(=O)[C@@H]2[C@H](C1=O)[C@@H]1c3ccccc3C13c1ccccc1[C@@H]23. The fraction of sp³-hybridized carbons (Fsp3) is 0.276. The fourth-order valence-electron chi connectivity index (χ4n) is 7.44. The first-order valence-corrected chi connectivity index (χ1v) is 12.5. The Balaban J connectivity index is 1.05. The molecule has 190 valence electrons. The molecule has 7 rings (SSSR count). The summed E-state index contributed by atoms with van der Waals surface area (Å²) in [6, 6.07) is 22.1. The van der Waals surface area contributed by atoms with Crippen LogP contribution in [-0.2, 0) is 24.5 Å². The van der Waals surface area contributed by atoms with Gasteiger partial charge in [-0.1, -0.05) is 60.7 Å². The van der Waals surface area contributed by atoms with Gasteiger partial charge in [0, 0.05) is 23.3 Å². The summed E-state index contributed by atoms with van der Waals surface area (Å²) in [7, 11) is 0. The van der Waals surface area contributed by atoms with Gasteiger partial charge in [-0.2, -0.15) is 0 Å². The molecule has 38 heavy (non-hydrogen) atoms. The summed E-state index contributed by atoms with van der Waals surface area (Å²) in [6.45, 7) is -0.750. The van der Waals surface area contributed by atoms with Gasteiger partial charge in [0.15, 0.2) is 12.4 Å². The summed E-state index contributed by atoms with van der Waals surface area (Å²) in [5, 5.41) is 11.1. The molecule has 1 saturated heterocycles. The zero-order valence-electron chi connectivity index (χ0n) is 20.1. The van der Waals surface area contributed by atoms with Gasteiger partial charge in [0.05, 0.1) is 23.3 Å². The second kappa shape index (κ2) is 7.98. The Hall–Kier alpha value is -4.53. The Kier molecular flexibility index (Phi) is 4.76. The first kappa shape index (κ1) is 22.7. The maximum absolute atomic E-state index is 13.6. The number of rotatable bonds is 7. The van der Waals surface area contributed by atoms with E-state index in [4.69, 9.17) is 9.47 Å². The summed E-state index contributed by atoms with van der Waals surface area (Å²) in [6.07, 6.45) is 0. The zero-order chi connectivity index (χ0) is 26.2. The lowest BCUT2D eigenvalue weighted by Crippen LogP contribution is -2.55. The van der Waals surface area contributed by atoms with E-state index in [0.29, 0.717) is 0 Å². The van der Waals surface area contributed by atoms with E-state index in [1.807, 2.05) is 24.3 Å². The van der Waals surface area contributed by atoms with E-state index in [2.05, 4.69) is 24.3 Å². The molecule has 1 heterocycles. The number of esters is 1. The molecule has 1 unspecified atom stereocenters. The molecule has 3 aliphatic carbocycles. The number of amides is 2. The van der Waals surface area contributed by atoms with Crippen LogP contribution in [0, 0.1) is 22.0 Å².